The standard InChI is InChI=1S/C6H8N2O2/c7-6(9)8-4-2-1-3-5-10-8/h1-4H,5H2,(H2,7,9). The predicted octanol–water partition coefficient (Wildman–Crippen LogP) is 0.382. The van der Waals surface area contributed by atoms with Crippen molar-refractivity contribution in [1.29, 1.82) is 0 Å². The molecule has 0 bridgehead atoms. The van der Waals surface area contributed by atoms with Crippen LogP contribution in [0.1, 0.15) is 0 Å². The number of carbonyl (C=O) groups is 1. The number of allylic oxidation sites excluding steroid dienone is 2. The quantitative estimate of drug-likeness (QED) is 0.529. The number of hydrogen-bond donors (Lipinski definition) is 1. The van der Waals surface area contributed by atoms with Gasteiger partial charge in [-0.15, -0.1) is 0 Å². The average Bonchev–Trinajstić information content (AvgIpc) is 2.12. The molecule has 4 heteroatoms. The molecule has 1 rings (SSSR count). The summed E-state index contributed by atoms with van der Waals surface area (Å²) in [5.41, 5.74) is 4.92. The fourth-order valence-corrected chi connectivity index (χ4v) is 0.565. The molecular formula is C6H8N2O2. The molecule has 1 heterocycles. The smallest absolute Gasteiger partial charge is 0.342 e. The van der Waals surface area contributed by atoms with Crippen molar-refractivity contribution in [3.8, 4) is 0 Å². The molecule has 2 N–H and O–H groups in total. The summed E-state index contributed by atoms with van der Waals surface area (Å²) in [6.07, 6.45) is 6.70. The molecular weight excluding hydrogens is 132 g/mol. The number of urea groups is 1. The van der Waals surface area contributed by atoms with E-state index in [2.05, 4.69) is 0 Å². The normalized spacial score (nSPS) is 17.0. The van der Waals surface area contributed by atoms with E-state index in [1.165, 1.54) is 6.20 Å². The van der Waals surface area contributed by atoms with Gasteiger partial charge in [-0.05, 0) is 6.08 Å². The highest BCUT2D eigenvalue weighted by atomic mass is 16.7. The van der Waals surface area contributed by atoms with Crippen LogP contribution in [-0.2, 0) is 4.84 Å². The molecule has 0 aromatic carbocycles. The molecule has 4 nitrogen and oxygen atoms in total. The monoisotopic (exact) mass is 140 g/mol. The lowest BCUT2D eigenvalue weighted by atomic mass is 10.5. The molecule has 0 aromatic heterocycles. The second-order valence-corrected chi connectivity index (χ2v) is 1.73. The first-order valence-corrected chi connectivity index (χ1v) is 2.85. The van der Waals surface area contributed by atoms with Crippen LogP contribution in [-0.4, -0.2) is 17.7 Å². The molecule has 0 aliphatic carbocycles. The van der Waals surface area contributed by atoms with E-state index < -0.39 is 6.03 Å². The van der Waals surface area contributed by atoms with E-state index >= 15 is 0 Å². The van der Waals surface area contributed by atoms with E-state index in [4.69, 9.17) is 10.6 Å². The summed E-state index contributed by atoms with van der Waals surface area (Å²) in [6, 6.07) is -0.611. The van der Waals surface area contributed by atoms with Crippen molar-refractivity contribution in [2.24, 2.45) is 5.73 Å². The van der Waals surface area contributed by atoms with Gasteiger partial charge >= 0.3 is 6.03 Å². The van der Waals surface area contributed by atoms with Gasteiger partial charge in [0.25, 0.3) is 0 Å². The molecule has 2 amide bonds. The summed E-state index contributed by atoms with van der Waals surface area (Å²) < 4.78 is 0. The van der Waals surface area contributed by atoms with E-state index in [9.17, 15) is 4.79 Å². The third-order valence-corrected chi connectivity index (χ3v) is 0.996. The van der Waals surface area contributed by atoms with Crippen LogP contribution in [0.4, 0.5) is 4.79 Å². The molecule has 0 atom stereocenters. The summed E-state index contributed by atoms with van der Waals surface area (Å²) >= 11 is 0. The predicted molar refractivity (Wildman–Crippen MR) is 35.7 cm³/mol. The van der Waals surface area contributed by atoms with Gasteiger partial charge in [0.2, 0.25) is 0 Å². The number of rotatable bonds is 0. The van der Waals surface area contributed by atoms with Gasteiger partial charge in [-0.25, -0.2) is 4.79 Å². The van der Waals surface area contributed by atoms with Crippen LogP contribution in [0.2, 0.25) is 0 Å². The van der Waals surface area contributed by atoms with Crippen LogP contribution in [0.15, 0.2) is 24.4 Å². The van der Waals surface area contributed by atoms with Crippen molar-refractivity contribution in [3.63, 3.8) is 0 Å². The lowest BCUT2D eigenvalue weighted by molar-refractivity contribution is -0.0622. The Morgan fingerprint density at radius 1 is 1.60 bits per heavy atom. The first-order chi connectivity index (χ1) is 4.80. The van der Waals surface area contributed by atoms with Crippen molar-refractivity contribution >= 4 is 6.03 Å². The average molecular weight is 140 g/mol. The Labute approximate surface area is 58.5 Å². The molecule has 0 fully saturated rings. The van der Waals surface area contributed by atoms with E-state index in [1.54, 1.807) is 18.2 Å². The second-order valence-electron chi connectivity index (χ2n) is 1.73. The number of nitrogens with two attached hydrogens (primary N) is 1. The Bertz CT molecular complexity index is 186. The molecule has 0 unspecified atom stereocenters. The van der Waals surface area contributed by atoms with Crippen LogP contribution in [0.25, 0.3) is 0 Å². The Morgan fingerprint density at radius 3 is 3.10 bits per heavy atom. The lowest BCUT2D eigenvalue weighted by Crippen LogP contribution is -2.30. The third-order valence-electron chi connectivity index (χ3n) is 0.996. The van der Waals surface area contributed by atoms with Crippen molar-refractivity contribution in [2.45, 2.75) is 0 Å². The number of hydrogen-bond acceptors (Lipinski definition) is 2. The highest BCUT2D eigenvalue weighted by Crippen LogP contribution is 1.96. The zero-order chi connectivity index (χ0) is 7.40. The summed E-state index contributed by atoms with van der Waals surface area (Å²) in [4.78, 5) is 15.3. The van der Waals surface area contributed by atoms with Crippen molar-refractivity contribution < 1.29 is 9.63 Å². The molecule has 54 valence electrons. The third kappa shape index (κ3) is 1.60. The SMILES string of the molecule is NC(=O)N1C=CC=CCO1. The molecule has 0 aromatic rings. The fourth-order valence-electron chi connectivity index (χ4n) is 0.565. The second kappa shape index (κ2) is 3.03. The maximum Gasteiger partial charge on any atom is 0.342 e. The summed E-state index contributed by atoms with van der Waals surface area (Å²) in [6.45, 7) is 0.371. The first-order valence-electron chi connectivity index (χ1n) is 2.85. The Morgan fingerprint density at radius 2 is 2.40 bits per heavy atom. The fraction of sp³-hybridized carbons (Fsp3) is 0.167. The number of carbonyl (C=O) groups excluding carboxylic acids is 1. The maximum atomic E-state index is 10.5. The topological polar surface area (TPSA) is 55.6 Å². The van der Waals surface area contributed by atoms with Gasteiger partial charge in [0.15, 0.2) is 0 Å². The Kier molecular flexibility index (Phi) is 2.07. The van der Waals surface area contributed by atoms with Gasteiger partial charge in [-0.3, -0.25) is 4.84 Å². The highest BCUT2D eigenvalue weighted by Gasteiger charge is 2.05. The number of hydroxylamine groups is 2. The minimum atomic E-state index is -0.611. The van der Waals surface area contributed by atoms with Crippen LogP contribution in [0.5, 0.6) is 0 Å². The van der Waals surface area contributed by atoms with Gasteiger partial charge in [-0.1, -0.05) is 12.2 Å². The summed E-state index contributed by atoms with van der Waals surface area (Å²) in [7, 11) is 0. The van der Waals surface area contributed by atoms with E-state index in [0.717, 1.165) is 5.06 Å². The molecule has 0 saturated carbocycles. The first kappa shape index (κ1) is 6.82. The van der Waals surface area contributed by atoms with E-state index in [1.807, 2.05) is 0 Å². The zero-order valence-electron chi connectivity index (χ0n) is 5.36. The van der Waals surface area contributed by atoms with Crippen molar-refractivity contribution in [3.05, 3.63) is 24.4 Å². The molecule has 1 aliphatic rings. The number of nitrogens with zero attached hydrogens (tertiary/aromatic N) is 1. The zero-order valence-corrected chi connectivity index (χ0v) is 5.36. The highest BCUT2D eigenvalue weighted by molar-refractivity contribution is 5.71. The van der Waals surface area contributed by atoms with Gasteiger partial charge in [0, 0.05) is 6.20 Å². The summed E-state index contributed by atoms with van der Waals surface area (Å²) in [5.74, 6) is 0. The molecule has 0 spiro atoms. The van der Waals surface area contributed by atoms with Crippen LogP contribution in [0, 0.1) is 0 Å². The van der Waals surface area contributed by atoms with Gasteiger partial charge in [-0.2, -0.15) is 5.06 Å². The molecule has 0 saturated heterocycles. The van der Waals surface area contributed by atoms with Gasteiger partial charge < -0.3 is 5.73 Å². The van der Waals surface area contributed by atoms with Gasteiger partial charge in [0.05, 0.1) is 6.61 Å². The minimum absolute atomic E-state index is 0.371. The lowest BCUT2D eigenvalue weighted by Gasteiger charge is -2.11. The summed E-state index contributed by atoms with van der Waals surface area (Å²) in [5, 5.41) is 0.986. The van der Waals surface area contributed by atoms with E-state index in [-0.39, 0.29) is 0 Å². The van der Waals surface area contributed by atoms with E-state index in [0.29, 0.717) is 6.61 Å². The van der Waals surface area contributed by atoms with Gasteiger partial charge in [0.1, 0.15) is 0 Å². The number of amides is 2. The van der Waals surface area contributed by atoms with Crippen molar-refractivity contribution in [2.75, 3.05) is 6.61 Å². The van der Waals surface area contributed by atoms with Crippen LogP contribution < -0.4 is 5.73 Å². The Balaban J connectivity index is 2.56. The minimum Gasteiger partial charge on any atom is -0.349 e. The van der Waals surface area contributed by atoms with Crippen LogP contribution >= 0.6 is 0 Å². The largest absolute Gasteiger partial charge is 0.349 e. The molecule has 0 radical (unpaired) electrons. The maximum absolute atomic E-state index is 10.5. The van der Waals surface area contributed by atoms with Crippen molar-refractivity contribution in [1.82, 2.24) is 5.06 Å². The molecule has 10 heavy (non-hydrogen) atoms. The Hall–Kier alpha value is -1.29. The molecule has 1 aliphatic heterocycles. The number of primary amides is 1. The van der Waals surface area contributed by atoms with Crippen LogP contribution in [0.3, 0.4) is 0 Å².